The Morgan fingerprint density at radius 2 is 2.14 bits per heavy atom. The molecule has 0 fully saturated rings. The predicted molar refractivity (Wildman–Crippen MR) is 62.0 cm³/mol. The molecular formula is C11H13NOS. The second-order valence-corrected chi connectivity index (χ2v) is 3.60. The van der Waals surface area contributed by atoms with Gasteiger partial charge < -0.3 is 9.67 Å². The molecule has 3 heteroatoms. The zero-order chi connectivity index (χ0) is 10.1. The van der Waals surface area contributed by atoms with Crippen LogP contribution in [0.1, 0.15) is 12.6 Å². The lowest BCUT2D eigenvalue weighted by Gasteiger charge is -2.04. The molecule has 2 rings (SSSR count). The molecule has 1 aromatic heterocycles. The van der Waals surface area contributed by atoms with E-state index in [0.29, 0.717) is 5.75 Å². The van der Waals surface area contributed by atoms with E-state index in [0.717, 1.165) is 23.2 Å². The molecule has 1 aromatic carbocycles. The molecule has 14 heavy (non-hydrogen) atoms. The predicted octanol–water partition coefficient (Wildman–Crippen LogP) is 2.80. The largest absolute Gasteiger partial charge is 0.508 e. The van der Waals surface area contributed by atoms with Crippen LogP contribution in [0.2, 0.25) is 0 Å². The normalized spacial score (nSPS) is 11.0. The maximum Gasteiger partial charge on any atom is 0.116 e. The molecule has 0 radical (unpaired) electrons. The number of hydrogen-bond donors (Lipinski definition) is 2. The van der Waals surface area contributed by atoms with Crippen LogP contribution in [-0.2, 0) is 12.3 Å². The smallest absolute Gasteiger partial charge is 0.116 e. The van der Waals surface area contributed by atoms with Gasteiger partial charge in [0.15, 0.2) is 0 Å². The number of phenolic OH excluding ortho intramolecular Hbond substituents is 1. The first-order valence-electron chi connectivity index (χ1n) is 4.68. The van der Waals surface area contributed by atoms with Gasteiger partial charge in [-0.25, -0.2) is 0 Å². The van der Waals surface area contributed by atoms with Crippen molar-refractivity contribution in [3.8, 4) is 5.75 Å². The van der Waals surface area contributed by atoms with E-state index in [-0.39, 0.29) is 0 Å². The number of rotatable bonds is 2. The molecule has 2 aromatic rings. The highest BCUT2D eigenvalue weighted by Crippen LogP contribution is 2.24. The number of aryl methyl sites for hydroxylation is 1. The van der Waals surface area contributed by atoms with Gasteiger partial charge in [-0.3, -0.25) is 0 Å². The zero-order valence-electron chi connectivity index (χ0n) is 8.07. The van der Waals surface area contributed by atoms with Gasteiger partial charge in [-0.15, -0.1) is 0 Å². The summed E-state index contributed by atoms with van der Waals surface area (Å²) < 4.78 is 2.21. The lowest BCUT2D eigenvalue weighted by atomic mass is 10.2. The van der Waals surface area contributed by atoms with Crippen molar-refractivity contribution in [2.75, 3.05) is 0 Å². The van der Waals surface area contributed by atoms with Gasteiger partial charge in [-0.1, -0.05) is 0 Å². The first kappa shape index (κ1) is 9.46. The van der Waals surface area contributed by atoms with E-state index in [4.69, 9.17) is 0 Å². The van der Waals surface area contributed by atoms with Gasteiger partial charge in [0.25, 0.3) is 0 Å². The molecule has 0 aliphatic rings. The van der Waals surface area contributed by atoms with Gasteiger partial charge >= 0.3 is 0 Å². The highest BCUT2D eigenvalue weighted by molar-refractivity contribution is 7.79. The van der Waals surface area contributed by atoms with Gasteiger partial charge in [-0.05, 0) is 31.2 Å². The summed E-state index contributed by atoms with van der Waals surface area (Å²) in [5.41, 5.74) is 2.35. The monoisotopic (exact) mass is 207 g/mol. The van der Waals surface area contributed by atoms with Crippen LogP contribution >= 0.6 is 12.6 Å². The number of fused-ring (bicyclic) bond motifs is 1. The molecule has 1 N–H and O–H groups in total. The molecule has 74 valence electrons. The second-order valence-electron chi connectivity index (χ2n) is 3.28. The number of phenols is 1. The van der Waals surface area contributed by atoms with Crippen LogP contribution in [0.25, 0.3) is 10.9 Å². The molecule has 1 heterocycles. The van der Waals surface area contributed by atoms with Crippen molar-refractivity contribution in [3.63, 3.8) is 0 Å². The van der Waals surface area contributed by atoms with E-state index < -0.39 is 0 Å². The van der Waals surface area contributed by atoms with Crippen LogP contribution in [0.5, 0.6) is 5.75 Å². The minimum Gasteiger partial charge on any atom is -0.508 e. The molecule has 0 aliphatic carbocycles. The van der Waals surface area contributed by atoms with Crippen LogP contribution in [0, 0.1) is 0 Å². The SMILES string of the molecule is CCn1c(CS)cc2cc(O)ccc21. The molecular weight excluding hydrogens is 194 g/mol. The van der Waals surface area contributed by atoms with Gasteiger partial charge in [0, 0.05) is 28.9 Å². The summed E-state index contributed by atoms with van der Waals surface area (Å²) in [4.78, 5) is 0. The maximum atomic E-state index is 9.35. The Kier molecular flexibility index (Phi) is 2.42. The Morgan fingerprint density at radius 3 is 2.79 bits per heavy atom. The quantitative estimate of drug-likeness (QED) is 0.727. The van der Waals surface area contributed by atoms with Crippen molar-refractivity contribution in [1.29, 1.82) is 0 Å². The van der Waals surface area contributed by atoms with E-state index in [2.05, 4.69) is 30.2 Å². The van der Waals surface area contributed by atoms with Gasteiger partial charge in [0.1, 0.15) is 5.75 Å². The van der Waals surface area contributed by atoms with E-state index in [1.54, 1.807) is 12.1 Å². The van der Waals surface area contributed by atoms with Gasteiger partial charge in [0.2, 0.25) is 0 Å². The van der Waals surface area contributed by atoms with E-state index in [1.165, 1.54) is 5.69 Å². The number of benzene rings is 1. The number of hydrogen-bond acceptors (Lipinski definition) is 2. The summed E-state index contributed by atoms with van der Waals surface area (Å²) in [6.07, 6.45) is 0. The third kappa shape index (κ3) is 1.38. The third-order valence-electron chi connectivity index (χ3n) is 2.45. The van der Waals surface area contributed by atoms with Crippen LogP contribution in [0.4, 0.5) is 0 Å². The summed E-state index contributed by atoms with van der Waals surface area (Å²) in [5.74, 6) is 1.04. The molecule has 0 atom stereocenters. The lowest BCUT2D eigenvalue weighted by molar-refractivity contribution is 0.476. The van der Waals surface area contributed by atoms with E-state index in [1.807, 2.05) is 6.07 Å². The minimum absolute atomic E-state index is 0.316. The van der Waals surface area contributed by atoms with E-state index >= 15 is 0 Å². The maximum absolute atomic E-state index is 9.35. The fourth-order valence-corrected chi connectivity index (χ4v) is 2.08. The molecule has 2 nitrogen and oxygen atoms in total. The average Bonchev–Trinajstić information content (AvgIpc) is 2.54. The molecule has 0 amide bonds. The van der Waals surface area contributed by atoms with Crippen molar-refractivity contribution in [2.24, 2.45) is 0 Å². The summed E-state index contributed by atoms with van der Waals surface area (Å²) >= 11 is 4.29. The van der Waals surface area contributed by atoms with Crippen LogP contribution in [-0.4, -0.2) is 9.67 Å². The Labute approximate surface area is 88.6 Å². The summed E-state index contributed by atoms with van der Waals surface area (Å²) in [7, 11) is 0. The molecule has 0 saturated carbocycles. The lowest BCUT2D eigenvalue weighted by Crippen LogP contribution is -1.97. The Morgan fingerprint density at radius 1 is 1.36 bits per heavy atom. The molecule has 0 bridgehead atoms. The Balaban J connectivity index is 2.73. The van der Waals surface area contributed by atoms with Gasteiger partial charge in [-0.2, -0.15) is 12.6 Å². The molecule has 0 aliphatic heterocycles. The zero-order valence-corrected chi connectivity index (χ0v) is 8.96. The van der Waals surface area contributed by atoms with Crippen molar-refractivity contribution in [3.05, 3.63) is 30.0 Å². The first-order chi connectivity index (χ1) is 6.76. The Bertz CT molecular complexity index is 462. The molecule has 0 spiro atoms. The second kappa shape index (κ2) is 3.58. The minimum atomic E-state index is 0.316. The van der Waals surface area contributed by atoms with Crippen molar-refractivity contribution in [1.82, 2.24) is 4.57 Å². The average molecular weight is 207 g/mol. The fourth-order valence-electron chi connectivity index (χ4n) is 1.82. The third-order valence-corrected chi connectivity index (χ3v) is 2.77. The summed E-state index contributed by atoms with van der Waals surface area (Å²) in [5, 5.41) is 10.4. The standard InChI is InChI=1S/C11H13NOS/c1-2-12-9(7-14)5-8-6-10(13)3-4-11(8)12/h3-6,13-14H,2,7H2,1H3. The number of nitrogens with zero attached hydrogens (tertiary/aromatic N) is 1. The first-order valence-corrected chi connectivity index (χ1v) is 5.31. The molecule has 0 unspecified atom stereocenters. The number of aromatic hydroxyl groups is 1. The van der Waals surface area contributed by atoms with E-state index in [9.17, 15) is 5.11 Å². The van der Waals surface area contributed by atoms with Crippen LogP contribution < -0.4 is 0 Å². The van der Waals surface area contributed by atoms with Crippen LogP contribution in [0.15, 0.2) is 24.3 Å². The summed E-state index contributed by atoms with van der Waals surface area (Å²) in [6, 6.07) is 7.53. The number of aromatic nitrogens is 1. The van der Waals surface area contributed by atoms with Gasteiger partial charge in [0.05, 0.1) is 0 Å². The topological polar surface area (TPSA) is 25.2 Å². The fraction of sp³-hybridized carbons (Fsp3) is 0.273. The van der Waals surface area contributed by atoms with Crippen molar-refractivity contribution >= 4 is 23.5 Å². The van der Waals surface area contributed by atoms with Crippen LogP contribution in [0.3, 0.4) is 0 Å². The highest BCUT2D eigenvalue weighted by atomic mass is 32.1. The van der Waals surface area contributed by atoms with Crippen molar-refractivity contribution < 1.29 is 5.11 Å². The number of thiol groups is 1. The molecule has 0 saturated heterocycles. The highest BCUT2D eigenvalue weighted by Gasteiger charge is 2.06. The Hall–Kier alpha value is -1.09. The summed E-state index contributed by atoms with van der Waals surface area (Å²) in [6.45, 7) is 3.05. The van der Waals surface area contributed by atoms with Crippen molar-refractivity contribution in [2.45, 2.75) is 19.2 Å².